The molecule has 0 aliphatic carbocycles. The van der Waals surface area contributed by atoms with Crippen molar-refractivity contribution in [3.05, 3.63) is 41.5 Å². The van der Waals surface area contributed by atoms with Gasteiger partial charge >= 0.3 is 0 Å². The van der Waals surface area contributed by atoms with Crippen molar-refractivity contribution in [1.82, 2.24) is 15.2 Å². The van der Waals surface area contributed by atoms with E-state index in [1.54, 1.807) is 0 Å². The van der Waals surface area contributed by atoms with Gasteiger partial charge in [-0.15, -0.1) is 0 Å². The lowest BCUT2D eigenvalue weighted by Crippen LogP contribution is -2.17. The fourth-order valence-electron chi connectivity index (χ4n) is 1.19. The summed E-state index contributed by atoms with van der Waals surface area (Å²) in [6.45, 7) is 0. The van der Waals surface area contributed by atoms with E-state index in [9.17, 15) is 18.0 Å². The molecule has 0 aliphatic heterocycles. The summed E-state index contributed by atoms with van der Waals surface area (Å²) in [7, 11) is 0. The standard InChI is InChI=1S/C9H5F3N4O/c10-4-1-5(11)7(6(12)2-4)8(17)15-9-13-3-14-16-9/h1-3H,(H2,13,14,15,16,17). The molecule has 0 fully saturated rings. The molecule has 0 unspecified atom stereocenters. The summed E-state index contributed by atoms with van der Waals surface area (Å²) in [5, 5.41) is 7.77. The molecule has 1 aromatic carbocycles. The van der Waals surface area contributed by atoms with E-state index in [1.807, 2.05) is 0 Å². The normalized spacial score (nSPS) is 10.3. The minimum Gasteiger partial charge on any atom is -0.291 e. The van der Waals surface area contributed by atoms with E-state index in [-0.39, 0.29) is 5.95 Å². The summed E-state index contributed by atoms with van der Waals surface area (Å²) in [6.07, 6.45) is 1.10. The number of amides is 1. The second kappa shape index (κ2) is 4.24. The van der Waals surface area contributed by atoms with Crippen LogP contribution in [0.1, 0.15) is 10.4 Å². The Morgan fingerprint density at radius 1 is 1.24 bits per heavy atom. The van der Waals surface area contributed by atoms with Gasteiger partial charge in [-0.1, -0.05) is 0 Å². The van der Waals surface area contributed by atoms with Gasteiger partial charge in [0.15, 0.2) is 0 Å². The molecule has 0 bridgehead atoms. The summed E-state index contributed by atoms with van der Waals surface area (Å²) >= 11 is 0. The highest BCUT2D eigenvalue weighted by Crippen LogP contribution is 2.15. The molecule has 8 heteroatoms. The SMILES string of the molecule is O=C(Nc1ncn[nH]1)c1c(F)cc(F)cc1F. The zero-order valence-corrected chi connectivity index (χ0v) is 8.17. The topological polar surface area (TPSA) is 70.7 Å². The first kappa shape index (κ1) is 11.1. The molecule has 5 nitrogen and oxygen atoms in total. The lowest BCUT2D eigenvalue weighted by atomic mass is 10.2. The number of carbonyl (C=O) groups is 1. The summed E-state index contributed by atoms with van der Waals surface area (Å²) in [5.74, 6) is -4.84. The van der Waals surface area contributed by atoms with Crippen LogP contribution in [0.5, 0.6) is 0 Å². The molecule has 1 heterocycles. The van der Waals surface area contributed by atoms with Gasteiger partial charge < -0.3 is 0 Å². The molecule has 0 radical (unpaired) electrons. The second-order valence-corrected chi connectivity index (χ2v) is 3.03. The highest BCUT2D eigenvalue weighted by atomic mass is 19.1. The van der Waals surface area contributed by atoms with E-state index < -0.39 is 28.9 Å². The number of aromatic amines is 1. The summed E-state index contributed by atoms with van der Waals surface area (Å²) in [4.78, 5) is 15.0. The van der Waals surface area contributed by atoms with Gasteiger partial charge in [0.2, 0.25) is 5.95 Å². The maximum atomic E-state index is 13.2. The first-order chi connectivity index (χ1) is 8.08. The fourth-order valence-corrected chi connectivity index (χ4v) is 1.19. The fraction of sp³-hybridized carbons (Fsp3) is 0. The molecule has 0 saturated carbocycles. The van der Waals surface area contributed by atoms with Crippen LogP contribution in [0.25, 0.3) is 0 Å². The molecule has 2 rings (SSSR count). The number of hydrogen-bond acceptors (Lipinski definition) is 3. The smallest absolute Gasteiger partial charge is 0.263 e. The van der Waals surface area contributed by atoms with Crippen molar-refractivity contribution in [2.24, 2.45) is 0 Å². The van der Waals surface area contributed by atoms with Gasteiger partial charge in [-0.2, -0.15) is 10.1 Å². The molecule has 17 heavy (non-hydrogen) atoms. The third kappa shape index (κ3) is 2.25. The van der Waals surface area contributed by atoms with Crippen LogP contribution < -0.4 is 5.32 Å². The maximum absolute atomic E-state index is 13.2. The van der Waals surface area contributed by atoms with Gasteiger partial charge in [0.05, 0.1) is 0 Å². The van der Waals surface area contributed by atoms with Crippen LogP contribution in [0.4, 0.5) is 19.1 Å². The Kier molecular flexibility index (Phi) is 2.77. The van der Waals surface area contributed by atoms with Crippen LogP contribution in [0.3, 0.4) is 0 Å². The zero-order chi connectivity index (χ0) is 12.4. The van der Waals surface area contributed by atoms with E-state index in [1.165, 1.54) is 0 Å². The van der Waals surface area contributed by atoms with Gasteiger partial charge in [0, 0.05) is 12.1 Å². The molecule has 0 atom stereocenters. The minimum absolute atomic E-state index is 0.0712. The summed E-state index contributed by atoms with van der Waals surface area (Å²) in [5.41, 5.74) is -0.886. The molecule has 88 valence electrons. The number of rotatable bonds is 2. The highest BCUT2D eigenvalue weighted by molar-refractivity contribution is 6.03. The predicted octanol–water partition coefficient (Wildman–Crippen LogP) is 1.47. The monoisotopic (exact) mass is 242 g/mol. The number of carbonyl (C=O) groups excluding carboxylic acids is 1. The van der Waals surface area contributed by atoms with Crippen molar-refractivity contribution in [3.8, 4) is 0 Å². The quantitative estimate of drug-likeness (QED) is 0.837. The molecule has 2 aromatic rings. The van der Waals surface area contributed by atoms with Crippen molar-refractivity contribution in [3.63, 3.8) is 0 Å². The Balaban J connectivity index is 2.31. The Morgan fingerprint density at radius 2 is 1.88 bits per heavy atom. The van der Waals surface area contributed by atoms with Crippen molar-refractivity contribution >= 4 is 11.9 Å². The highest BCUT2D eigenvalue weighted by Gasteiger charge is 2.19. The Morgan fingerprint density at radius 3 is 2.41 bits per heavy atom. The van der Waals surface area contributed by atoms with Crippen molar-refractivity contribution in [2.45, 2.75) is 0 Å². The molecular weight excluding hydrogens is 237 g/mol. The van der Waals surface area contributed by atoms with Gasteiger partial charge in [0.1, 0.15) is 29.3 Å². The van der Waals surface area contributed by atoms with Crippen LogP contribution >= 0.6 is 0 Å². The van der Waals surface area contributed by atoms with Crippen LogP contribution in [-0.2, 0) is 0 Å². The molecule has 0 saturated heterocycles. The van der Waals surface area contributed by atoms with Gasteiger partial charge in [0.25, 0.3) is 5.91 Å². The second-order valence-electron chi connectivity index (χ2n) is 3.03. The zero-order valence-electron chi connectivity index (χ0n) is 8.17. The van der Waals surface area contributed by atoms with E-state index in [2.05, 4.69) is 20.5 Å². The number of anilines is 1. The van der Waals surface area contributed by atoms with Gasteiger partial charge in [-0.3, -0.25) is 10.1 Å². The largest absolute Gasteiger partial charge is 0.291 e. The Hall–Kier alpha value is -2.38. The average Bonchev–Trinajstić information content (AvgIpc) is 2.68. The number of halogens is 3. The number of hydrogen-bond donors (Lipinski definition) is 2. The lowest BCUT2D eigenvalue weighted by molar-refractivity contribution is 0.101. The van der Waals surface area contributed by atoms with E-state index >= 15 is 0 Å². The number of aromatic nitrogens is 3. The van der Waals surface area contributed by atoms with E-state index in [0.717, 1.165) is 6.33 Å². The first-order valence-electron chi connectivity index (χ1n) is 4.39. The number of H-pyrrole nitrogens is 1. The van der Waals surface area contributed by atoms with Crippen LogP contribution in [0, 0.1) is 17.5 Å². The number of nitrogens with zero attached hydrogens (tertiary/aromatic N) is 2. The summed E-state index contributed by atoms with van der Waals surface area (Å²) < 4.78 is 39.0. The third-order valence-electron chi connectivity index (χ3n) is 1.88. The molecular formula is C9H5F3N4O. The van der Waals surface area contributed by atoms with Crippen molar-refractivity contribution in [1.29, 1.82) is 0 Å². The molecule has 2 N–H and O–H groups in total. The molecule has 1 aromatic heterocycles. The van der Waals surface area contributed by atoms with Crippen LogP contribution in [0.2, 0.25) is 0 Å². The van der Waals surface area contributed by atoms with Crippen molar-refractivity contribution in [2.75, 3.05) is 5.32 Å². The third-order valence-corrected chi connectivity index (χ3v) is 1.88. The first-order valence-corrected chi connectivity index (χ1v) is 4.39. The molecule has 0 spiro atoms. The van der Waals surface area contributed by atoms with E-state index in [4.69, 9.17) is 0 Å². The van der Waals surface area contributed by atoms with E-state index in [0.29, 0.717) is 12.1 Å². The number of nitrogens with one attached hydrogen (secondary N) is 2. The molecule has 0 aliphatic rings. The predicted molar refractivity (Wildman–Crippen MR) is 50.7 cm³/mol. The Bertz CT molecular complexity index is 532. The maximum Gasteiger partial charge on any atom is 0.263 e. The molecule has 1 amide bonds. The minimum atomic E-state index is -1.29. The van der Waals surface area contributed by atoms with Gasteiger partial charge in [-0.25, -0.2) is 18.3 Å². The Labute approximate surface area is 92.7 Å². The lowest BCUT2D eigenvalue weighted by Gasteiger charge is -2.04. The van der Waals surface area contributed by atoms with Gasteiger partial charge in [-0.05, 0) is 0 Å². The summed E-state index contributed by atoms with van der Waals surface area (Å²) in [6, 6.07) is 0.830. The van der Waals surface area contributed by atoms with Crippen LogP contribution in [0.15, 0.2) is 18.5 Å². The average molecular weight is 242 g/mol. The van der Waals surface area contributed by atoms with Crippen LogP contribution in [-0.4, -0.2) is 21.1 Å². The number of benzene rings is 1. The van der Waals surface area contributed by atoms with Crippen molar-refractivity contribution < 1.29 is 18.0 Å².